The zero-order valence-electron chi connectivity index (χ0n) is 25.2. The van der Waals surface area contributed by atoms with E-state index < -0.39 is 0 Å². The second kappa shape index (κ2) is 17.0. The highest BCUT2D eigenvalue weighted by atomic mass is 32.2. The van der Waals surface area contributed by atoms with Crippen molar-refractivity contribution in [1.29, 1.82) is 0 Å². The number of rotatable bonds is 13. The highest BCUT2D eigenvalue weighted by Crippen LogP contribution is 2.35. The van der Waals surface area contributed by atoms with Gasteiger partial charge in [-0.25, -0.2) is 4.98 Å². The quantitative estimate of drug-likeness (QED) is 0.133. The fraction of sp³-hybridized carbons (Fsp3) is 0.361. The van der Waals surface area contributed by atoms with Crippen LogP contribution in [0.5, 0.6) is 0 Å². The van der Waals surface area contributed by atoms with Crippen molar-refractivity contribution in [2.24, 2.45) is 5.92 Å². The van der Waals surface area contributed by atoms with Gasteiger partial charge in [0.1, 0.15) is 6.17 Å². The summed E-state index contributed by atoms with van der Waals surface area (Å²) in [5, 5.41) is 7.60. The number of thiazole rings is 1. The van der Waals surface area contributed by atoms with Crippen LogP contribution in [0.2, 0.25) is 0 Å². The lowest BCUT2D eigenvalue weighted by atomic mass is 9.98. The molecule has 4 atom stereocenters. The summed E-state index contributed by atoms with van der Waals surface area (Å²) >= 11 is 8.69. The molecule has 0 saturated carbocycles. The van der Waals surface area contributed by atoms with Crippen LogP contribution in [0.3, 0.4) is 0 Å². The first-order chi connectivity index (χ1) is 20.5. The molecular weight excluding hydrogens is 571 g/mol. The zero-order chi connectivity index (χ0) is 29.7. The fourth-order valence-corrected chi connectivity index (χ4v) is 7.49. The number of allylic oxidation sites excluding steroid dienone is 10. The normalized spacial score (nSPS) is 21.9. The van der Waals surface area contributed by atoms with Crippen LogP contribution in [0.1, 0.15) is 59.3 Å². The third kappa shape index (κ3) is 9.77. The Bertz CT molecular complexity index is 1330. The lowest BCUT2D eigenvalue weighted by molar-refractivity contribution is 0.560. The second-order valence-electron chi connectivity index (χ2n) is 11.0. The molecule has 1 aromatic heterocycles. The predicted octanol–water partition coefficient (Wildman–Crippen LogP) is 10.5. The van der Waals surface area contributed by atoms with Gasteiger partial charge in [0.15, 0.2) is 5.13 Å². The van der Waals surface area contributed by atoms with Gasteiger partial charge in [-0.15, -0.1) is 23.1 Å². The van der Waals surface area contributed by atoms with Crippen molar-refractivity contribution in [2.45, 2.75) is 76.1 Å². The summed E-state index contributed by atoms with van der Waals surface area (Å²) in [6, 6.07) is 10.4. The molecule has 1 aromatic carbocycles. The zero-order valence-corrected chi connectivity index (χ0v) is 27.7. The number of thioether (sulfide) groups is 1. The summed E-state index contributed by atoms with van der Waals surface area (Å²) in [7, 11) is 0. The fourth-order valence-electron chi connectivity index (χ4n) is 5.11. The van der Waals surface area contributed by atoms with Crippen LogP contribution in [-0.4, -0.2) is 21.8 Å². The van der Waals surface area contributed by atoms with E-state index in [0.29, 0.717) is 5.25 Å². The maximum atomic E-state index is 5.08. The van der Waals surface area contributed by atoms with Gasteiger partial charge in [0.25, 0.3) is 0 Å². The number of nitrogens with one attached hydrogen (secondary N) is 1. The van der Waals surface area contributed by atoms with Gasteiger partial charge in [-0.2, -0.15) is 0 Å². The van der Waals surface area contributed by atoms with Crippen LogP contribution in [0.4, 0.5) is 5.13 Å². The van der Waals surface area contributed by atoms with Crippen molar-refractivity contribution in [3.63, 3.8) is 0 Å². The van der Waals surface area contributed by atoms with E-state index in [0.717, 1.165) is 54.4 Å². The van der Waals surface area contributed by atoms with Crippen molar-refractivity contribution in [2.75, 3.05) is 4.31 Å². The molecule has 1 aliphatic heterocycles. The van der Waals surface area contributed by atoms with Gasteiger partial charge in [-0.05, 0) is 50.5 Å². The van der Waals surface area contributed by atoms with Gasteiger partial charge >= 0.3 is 0 Å². The van der Waals surface area contributed by atoms with E-state index in [9.17, 15) is 0 Å². The molecule has 0 bridgehead atoms. The Labute approximate surface area is 267 Å². The first kappa shape index (κ1) is 32.4. The Balaban J connectivity index is 1.52. The van der Waals surface area contributed by atoms with Gasteiger partial charge in [-0.3, -0.25) is 9.62 Å². The van der Waals surface area contributed by atoms with Crippen molar-refractivity contribution >= 4 is 41.0 Å². The van der Waals surface area contributed by atoms with E-state index in [4.69, 9.17) is 17.8 Å². The number of hydrogen-bond acceptors (Lipinski definition) is 6. The Morgan fingerprint density at radius 1 is 1.12 bits per heavy atom. The molecule has 1 unspecified atom stereocenters. The van der Waals surface area contributed by atoms with E-state index in [2.05, 4.69) is 105 Å². The van der Waals surface area contributed by atoms with Gasteiger partial charge in [0.2, 0.25) is 0 Å². The standard InChI is InChI=1S/C36H45N3S3/c1-5-7-8-9-13-19-34-38-35(39(40)36-37-33(26-41-36)31-17-11-10-12-18-31)32(25-28(4)42-34)23-22-29-15-14-16-30(21-20-29)24-27(3)6-2/h5,7-13,15-18,20-21,25-28,34-35,38,40H,1,6,14,19,22-24H2,2-4H3/b8-7-,13-9-/t27-,28-,34-,35?/m0/s1. The van der Waals surface area contributed by atoms with E-state index in [-0.39, 0.29) is 11.5 Å². The first-order valence-corrected chi connectivity index (χ1v) is 17.3. The largest absolute Gasteiger partial charge is 0.281 e. The maximum Gasteiger partial charge on any atom is 0.197 e. The minimum Gasteiger partial charge on any atom is -0.281 e. The molecule has 0 amide bonds. The van der Waals surface area contributed by atoms with Gasteiger partial charge in [0, 0.05) is 16.2 Å². The van der Waals surface area contributed by atoms with Crippen molar-refractivity contribution in [3.8, 4) is 11.3 Å². The molecule has 3 nitrogen and oxygen atoms in total. The minimum absolute atomic E-state index is 0.0582. The van der Waals surface area contributed by atoms with Crippen LogP contribution < -0.4 is 9.62 Å². The third-order valence-electron chi connectivity index (χ3n) is 7.62. The Morgan fingerprint density at radius 2 is 1.90 bits per heavy atom. The van der Waals surface area contributed by atoms with E-state index >= 15 is 0 Å². The topological polar surface area (TPSA) is 28.2 Å². The second-order valence-corrected chi connectivity index (χ2v) is 13.8. The summed E-state index contributed by atoms with van der Waals surface area (Å²) < 4.78 is 2.04. The highest BCUT2D eigenvalue weighted by molar-refractivity contribution is 8.00. The van der Waals surface area contributed by atoms with Gasteiger partial charge in [-0.1, -0.05) is 142 Å². The molecule has 0 radical (unpaired) electrons. The van der Waals surface area contributed by atoms with Crippen LogP contribution in [0.25, 0.3) is 11.3 Å². The maximum absolute atomic E-state index is 5.08. The van der Waals surface area contributed by atoms with Crippen molar-refractivity contribution in [3.05, 3.63) is 120 Å². The summed E-state index contributed by atoms with van der Waals surface area (Å²) in [5.74, 6) is 0.722. The molecule has 2 heterocycles. The molecular formula is C36H45N3S3. The number of aromatic nitrogens is 1. The average molecular weight is 616 g/mol. The van der Waals surface area contributed by atoms with Crippen molar-refractivity contribution < 1.29 is 0 Å². The molecule has 1 N–H and O–H groups in total. The summed E-state index contributed by atoms with van der Waals surface area (Å²) in [4.78, 5) is 4.99. The molecule has 0 spiro atoms. The van der Waals surface area contributed by atoms with E-state index in [1.807, 2.05) is 34.3 Å². The summed E-state index contributed by atoms with van der Waals surface area (Å²) in [5.41, 5.74) is 6.35. The number of anilines is 1. The minimum atomic E-state index is -0.0582. The van der Waals surface area contributed by atoms with Crippen LogP contribution >= 0.6 is 35.9 Å². The predicted molar refractivity (Wildman–Crippen MR) is 191 cm³/mol. The lowest BCUT2D eigenvalue weighted by Crippen LogP contribution is -2.45. The SMILES string of the molecule is C=C/C=C\C=C/C[C@H]1NC(N(S)c2nc(-c3ccccc3)cs2)C(CCC2=CCC=C(C[C@@H](C)CC)C=C2)=C[C@H](C)S1. The first-order valence-electron chi connectivity index (χ1n) is 15.1. The van der Waals surface area contributed by atoms with Crippen LogP contribution in [-0.2, 0) is 0 Å². The van der Waals surface area contributed by atoms with E-state index in [1.54, 1.807) is 17.4 Å². The average Bonchev–Trinajstić information content (AvgIpc) is 3.31. The number of hydrogen-bond donors (Lipinski definition) is 2. The molecule has 0 saturated heterocycles. The number of benzene rings is 1. The molecule has 2 aliphatic rings. The lowest BCUT2D eigenvalue weighted by Gasteiger charge is -2.31. The third-order valence-corrected chi connectivity index (χ3v) is 10.2. The Morgan fingerprint density at radius 3 is 2.69 bits per heavy atom. The molecule has 6 heteroatoms. The molecule has 2 aromatic rings. The summed E-state index contributed by atoms with van der Waals surface area (Å²) in [6.45, 7) is 10.7. The molecule has 0 fully saturated rings. The summed E-state index contributed by atoms with van der Waals surface area (Å²) in [6.07, 6.45) is 28.3. The Kier molecular flexibility index (Phi) is 13.1. The molecule has 222 valence electrons. The number of thiol groups is 1. The van der Waals surface area contributed by atoms with Crippen LogP contribution in [0.15, 0.2) is 120 Å². The van der Waals surface area contributed by atoms with Gasteiger partial charge < -0.3 is 0 Å². The molecule has 1 aliphatic carbocycles. The smallest absolute Gasteiger partial charge is 0.197 e. The Hall–Kier alpha value is -2.51. The number of nitrogens with zero attached hydrogens (tertiary/aromatic N) is 2. The van der Waals surface area contributed by atoms with Crippen LogP contribution in [0, 0.1) is 5.92 Å². The molecule has 42 heavy (non-hydrogen) atoms. The highest BCUT2D eigenvalue weighted by Gasteiger charge is 2.29. The monoisotopic (exact) mass is 615 g/mol. The van der Waals surface area contributed by atoms with Crippen molar-refractivity contribution in [1.82, 2.24) is 10.3 Å². The van der Waals surface area contributed by atoms with Gasteiger partial charge in [0.05, 0.1) is 11.1 Å². The van der Waals surface area contributed by atoms with E-state index in [1.165, 1.54) is 23.1 Å². The molecule has 4 rings (SSSR count).